The van der Waals surface area contributed by atoms with E-state index in [1.165, 1.54) is 6.33 Å². The fraction of sp³-hybridized carbons (Fsp3) is 0.625. The molecule has 2 aromatic heterocycles. The molecule has 1 unspecified atom stereocenters. The topological polar surface area (TPSA) is 133 Å². The maximum atomic E-state index is 9.17. The Hall–Kier alpha value is -2.89. The summed E-state index contributed by atoms with van der Waals surface area (Å²) in [7, 11) is 0. The Morgan fingerprint density at radius 3 is 2.83 bits per heavy atom. The van der Waals surface area contributed by atoms with Gasteiger partial charge in [-0.15, -0.1) is 0 Å². The van der Waals surface area contributed by atoms with E-state index < -0.39 is 0 Å². The molecule has 0 aromatic carbocycles. The molecule has 1 aliphatic heterocycles. The number of rotatable bonds is 13. The lowest BCUT2D eigenvalue weighted by Gasteiger charge is -2.33. The highest BCUT2D eigenvalue weighted by Gasteiger charge is 2.37. The lowest BCUT2D eigenvalue weighted by atomic mass is 10.0. The van der Waals surface area contributed by atoms with Gasteiger partial charge in [0.25, 0.3) is 0 Å². The van der Waals surface area contributed by atoms with Crippen LogP contribution < -0.4 is 20.9 Å². The van der Waals surface area contributed by atoms with Crippen LogP contribution in [0.1, 0.15) is 39.3 Å². The molecule has 2 atom stereocenters. The largest absolute Gasteiger partial charge is 0.380 e. The SMILES string of the molecule is CCOCCNc1c(Nc2ccncn2)nc(N2CCN[C@H](C)C2)nc1C(=N)C(OCC)C1CC1. The molecule has 0 radical (unpaired) electrons. The molecule has 3 heterocycles. The number of aromatic nitrogens is 4. The van der Waals surface area contributed by atoms with Crippen LogP contribution in [0.15, 0.2) is 18.6 Å². The van der Waals surface area contributed by atoms with E-state index in [2.05, 4.69) is 37.7 Å². The second-order valence-corrected chi connectivity index (χ2v) is 8.87. The van der Waals surface area contributed by atoms with Crippen LogP contribution in [0.2, 0.25) is 0 Å². The molecule has 11 heteroatoms. The second kappa shape index (κ2) is 12.2. The monoisotopic (exact) mass is 483 g/mol. The van der Waals surface area contributed by atoms with Crippen LogP contribution >= 0.6 is 0 Å². The number of ether oxygens (including phenoxy) is 2. The van der Waals surface area contributed by atoms with Gasteiger partial charge in [-0.05, 0) is 45.6 Å². The molecular formula is C24H37N9O2. The molecule has 0 spiro atoms. The van der Waals surface area contributed by atoms with Crippen LogP contribution in [0.4, 0.5) is 23.3 Å². The van der Waals surface area contributed by atoms with Gasteiger partial charge in [-0.2, -0.15) is 4.98 Å². The fourth-order valence-electron chi connectivity index (χ4n) is 4.20. The maximum absolute atomic E-state index is 9.17. The second-order valence-electron chi connectivity index (χ2n) is 8.87. The van der Waals surface area contributed by atoms with E-state index in [4.69, 9.17) is 19.4 Å². The molecule has 4 N–H and O–H groups in total. The van der Waals surface area contributed by atoms with Gasteiger partial charge >= 0.3 is 0 Å². The van der Waals surface area contributed by atoms with Crippen molar-refractivity contribution in [3.8, 4) is 0 Å². The van der Waals surface area contributed by atoms with Gasteiger partial charge in [0.2, 0.25) is 5.95 Å². The summed E-state index contributed by atoms with van der Waals surface area (Å²) in [5.74, 6) is 2.14. The van der Waals surface area contributed by atoms with Crippen LogP contribution in [0.5, 0.6) is 0 Å². The van der Waals surface area contributed by atoms with Crippen LogP contribution in [-0.2, 0) is 9.47 Å². The minimum absolute atomic E-state index is 0.288. The summed E-state index contributed by atoms with van der Waals surface area (Å²) in [5, 5.41) is 19.4. The van der Waals surface area contributed by atoms with Gasteiger partial charge in [0.15, 0.2) is 5.82 Å². The summed E-state index contributed by atoms with van der Waals surface area (Å²) in [6.45, 7) is 10.8. The standard InChI is InChI=1S/C24H37N9O2/c1-4-34-13-11-28-21-20(19(25)22(35-5-2)17-6-7-17)31-24(33-12-10-27-16(3)14-33)32-23(21)30-18-8-9-26-15-29-18/h8-9,15-17,22,25,27-28H,4-7,10-14H2,1-3H3,(H,26,29,30,31,32)/t16-,22?/m1/s1. The zero-order chi connectivity index (χ0) is 24.6. The number of hydrogen-bond donors (Lipinski definition) is 4. The van der Waals surface area contributed by atoms with Crippen molar-refractivity contribution in [2.75, 3.05) is 61.5 Å². The molecule has 0 amide bonds. The first-order chi connectivity index (χ1) is 17.1. The molecule has 35 heavy (non-hydrogen) atoms. The molecule has 0 bridgehead atoms. The van der Waals surface area contributed by atoms with Crippen LogP contribution in [0.3, 0.4) is 0 Å². The van der Waals surface area contributed by atoms with Crippen molar-refractivity contribution in [3.63, 3.8) is 0 Å². The van der Waals surface area contributed by atoms with Crippen molar-refractivity contribution in [2.45, 2.75) is 45.8 Å². The predicted molar refractivity (Wildman–Crippen MR) is 137 cm³/mol. The van der Waals surface area contributed by atoms with Gasteiger partial charge in [-0.3, -0.25) is 0 Å². The molecular weight excluding hydrogens is 446 g/mol. The summed E-state index contributed by atoms with van der Waals surface area (Å²) in [6, 6.07) is 2.11. The zero-order valence-electron chi connectivity index (χ0n) is 20.9. The minimum Gasteiger partial charge on any atom is -0.380 e. The van der Waals surface area contributed by atoms with Gasteiger partial charge in [0.05, 0.1) is 12.3 Å². The van der Waals surface area contributed by atoms with E-state index in [-0.39, 0.29) is 6.10 Å². The maximum Gasteiger partial charge on any atom is 0.228 e. The highest BCUT2D eigenvalue weighted by atomic mass is 16.5. The molecule has 2 fully saturated rings. The van der Waals surface area contributed by atoms with Gasteiger partial charge in [0.1, 0.15) is 29.6 Å². The van der Waals surface area contributed by atoms with Gasteiger partial charge < -0.3 is 35.7 Å². The average Bonchev–Trinajstić information content (AvgIpc) is 3.71. The average molecular weight is 484 g/mol. The van der Waals surface area contributed by atoms with Gasteiger partial charge in [0, 0.05) is 51.6 Å². The first-order valence-corrected chi connectivity index (χ1v) is 12.6. The highest BCUT2D eigenvalue weighted by Crippen LogP contribution is 2.38. The zero-order valence-corrected chi connectivity index (χ0v) is 20.9. The summed E-state index contributed by atoms with van der Waals surface area (Å²) in [6.07, 6.45) is 5.02. The van der Waals surface area contributed by atoms with E-state index in [0.29, 0.717) is 73.0 Å². The Bertz CT molecular complexity index is 971. The van der Waals surface area contributed by atoms with E-state index in [1.807, 2.05) is 13.8 Å². The molecule has 4 rings (SSSR count). The first-order valence-electron chi connectivity index (χ1n) is 12.6. The first kappa shape index (κ1) is 25.2. The van der Waals surface area contributed by atoms with Crippen molar-refractivity contribution >= 4 is 29.0 Å². The van der Waals surface area contributed by atoms with Crippen molar-refractivity contribution in [1.82, 2.24) is 25.3 Å². The Morgan fingerprint density at radius 2 is 2.14 bits per heavy atom. The van der Waals surface area contributed by atoms with E-state index >= 15 is 0 Å². The predicted octanol–water partition coefficient (Wildman–Crippen LogP) is 2.44. The smallest absolute Gasteiger partial charge is 0.228 e. The van der Waals surface area contributed by atoms with Crippen molar-refractivity contribution in [3.05, 3.63) is 24.3 Å². The number of anilines is 4. The summed E-state index contributed by atoms with van der Waals surface area (Å²) in [4.78, 5) is 20.4. The number of hydrogen-bond acceptors (Lipinski definition) is 11. The third-order valence-electron chi connectivity index (χ3n) is 6.07. The number of nitrogens with one attached hydrogen (secondary N) is 4. The van der Waals surface area contributed by atoms with Gasteiger partial charge in [-0.25, -0.2) is 15.0 Å². The third kappa shape index (κ3) is 6.62. The molecule has 2 aromatic rings. The third-order valence-corrected chi connectivity index (χ3v) is 6.07. The van der Waals surface area contributed by atoms with Crippen LogP contribution in [0.25, 0.3) is 0 Å². The summed E-state index contributed by atoms with van der Waals surface area (Å²) in [5.41, 5.74) is 1.59. The molecule has 1 aliphatic carbocycles. The van der Waals surface area contributed by atoms with Crippen LogP contribution in [-0.4, -0.2) is 83.8 Å². The quantitative estimate of drug-likeness (QED) is 0.249. The highest BCUT2D eigenvalue weighted by molar-refractivity contribution is 6.06. The molecule has 190 valence electrons. The summed E-state index contributed by atoms with van der Waals surface area (Å²) < 4.78 is 11.6. The molecule has 1 saturated carbocycles. The number of nitrogens with zero attached hydrogens (tertiary/aromatic N) is 5. The minimum atomic E-state index is -0.288. The van der Waals surface area contributed by atoms with Crippen molar-refractivity contribution in [2.24, 2.45) is 5.92 Å². The molecule has 1 saturated heterocycles. The Balaban J connectivity index is 1.76. The van der Waals surface area contributed by atoms with Crippen LogP contribution in [0, 0.1) is 11.3 Å². The lowest BCUT2D eigenvalue weighted by Crippen LogP contribution is -2.50. The normalized spacial score (nSPS) is 18.8. The van der Waals surface area contributed by atoms with Crippen molar-refractivity contribution < 1.29 is 9.47 Å². The van der Waals surface area contributed by atoms with E-state index in [9.17, 15) is 5.41 Å². The van der Waals surface area contributed by atoms with E-state index in [0.717, 1.165) is 32.5 Å². The molecule has 2 aliphatic rings. The summed E-state index contributed by atoms with van der Waals surface area (Å²) >= 11 is 0. The molecule has 11 nitrogen and oxygen atoms in total. The Kier molecular flexibility index (Phi) is 8.78. The van der Waals surface area contributed by atoms with E-state index in [1.54, 1.807) is 12.3 Å². The fourth-order valence-corrected chi connectivity index (χ4v) is 4.20. The lowest BCUT2D eigenvalue weighted by molar-refractivity contribution is 0.0944. The van der Waals surface area contributed by atoms with Crippen molar-refractivity contribution in [1.29, 1.82) is 5.41 Å². The Labute approximate surface area is 207 Å². The Morgan fingerprint density at radius 1 is 1.29 bits per heavy atom. The number of piperazine rings is 1. The van der Waals surface area contributed by atoms with Gasteiger partial charge in [-0.1, -0.05) is 0 Å².